The van der Waals surface area contributed by atoms with Gasteiger partial charge in [-0.05, 0) is 83.5 Å². The Morgan fingerprint density at radius 1 is 0.677 bits per heavy atom. The zero-order valence-electron chi connectivity index (χ0n) is 21.0. The lowest BCUT2D eigenvalue weighted by atomic mass is 10.1. The minimum atomic E-state index is -2.05. The average Bonchev–Trinajstić information content (AvgIpc) is 2.63. The van der Waals surface area contributed by atoms with E-state index in [1.165, 1.54) is 11.1 Å². The highest BCUT2D eigenvalue weighted by Gasteiger charge is 2.51. The van der Waals surface area contributed by atoms with Crippen LogP contribution in [0.25, 0.3) is 0 Å². The summed E-state index contributed by atoms with van der Waals surface area (Å²) in [6.07, 6.45) is 2.05. The molecule has 0 fully saturated rings. The molecule has 3 nitrogen and oxygen atoms in total. The van der Waals surface area contributed by atoms with Crippen molar-refractivity contribution in [2.75, 3.05) is 11.5 Å². The van der Waals surface area contributed by atoms with Crippen molar-refractivity contribution in [2.45, 2.75) is 89.6 Å². The summed E-state index contributed by atoms with van der Waals surface area (Å²) in [5.41, 5.74) is 16.4. The van der Waals surface area contributed by atoms with E-state index in [9.17, 15) is 0 Å². The van der Waals surface area contributed by atoms with E-state index in [1.807, 2.05) is 12.1 Å². The summed E-state index contributed by atoms with van der Waals surface area (Å²) >= 11 is 0. The van der Waals surface area contributed by atoms with Crippen LogP contribution in [0.3, 0.4) is 0 Å². The molecule has 0 saturated carbocycles. The van der Waals surface area contributed by atoms with E-state index in [0.717, 1.165) is 36.3 Å². The molecule has 0 radical (unpaired) electrons. The van der Waals surface area contributed by atoms with Gasteiger partial charge in [-0.15, -0.1) is 0 Å². The van der Waals surface area contributed by atoms with Gasteiger partial charge in [0.1, 0.15) is 0 Å². The molecule has 172 valence electrons. The molecule has 2 aromatic carbocycles. The Morgan fingerprint density at radius 2 is 1.03 bits per heavy atom. The summed E-state index contributed by atoms with van der Waals surface area (Å²) in [5, 5.41) is 0.314. The van der Waals surface area contributed by atoms with Crippen molar-refractivity contribution in [3.63, 3.8) is 0 Å². The fourth-order valence-electron chi connectivity index (χ4n) is 3.92. The van der Waals surface area contributed by atoms with Gasteiger partial charge in [0.15, 0.2) is 16.6 Å². The van der Waals surface area contributed by atoms with Crippen molar-refractivity contribution in [1.29, 1.82) is 0 Å². The van der Waals surface area contributed by atoms with E-state index in [-0.39, 0.29) is 10.1 Å². The van der Waals surface area contributed by atoms with Gasteiger partial charge >= 0.3 is 0 Å². The summed E-state index contributed by atoms with van der Waals surface area (Å²) in [5.74, 6) is 0. The van der Waals surface area contributed by atoms with Crippen LogP contribution in [0.2, 0.25) is 35.3 Å². The van der Waals surface area contributed by atoms with Gasteiger partial charge in [0.05, 0.1) is 0 Å². The van der Waals surface area contributed by atoms with Crippen LogP contribution in [0, 0.1) is 0 Å². The van der Waals surface area contributed by atoms with Crippen molar-refractivity contribution < 1.29 is 4.12 Å². The number of hydrogen-bond acceptors (Lipinski definition) is 3. The van der Waals surface area contributed by atoms with Gasteiger partial charge in [0, 0.05) is 11.4 Å². The van der Waals surface area contributed by atoms with Crippen LogP contribution in [0.5, 0.6) is 0 Å². The minimum absolute atomic E-state index is 0.157. The second-order valence-electron chi connectivity index (χ2n) is 11.6. The summed E-state index contributed by atoms with van der Waals surface area (Å²) in [6.45, 7) is 19.1. The zero-order valence-corrected chi connectivity index (χ0v) is 23.0. The van der Waals surface area contributed by atoms with Crippen LogP contribution in [-0.4, -0.2) is 16.6 Å². The molecule has 2 unspecified atom stereocenters. The molecule has 0 heterocycles. The van der Waals surface area contributed by atoms with E-state index in [0.29, 0.717) is 0 Å². The molecular formula is C26H44N2OSi2. The maximum atomic E-state index is 7.47. The Bertz CT molecular complexity index is 801. The van der Waals surface area contributed by atoms with E-state index in [2.05, 4.69) is 91.0 Å². The van der Waals surface area contributed by atoms with Crippen molar-refractivity contribution in [3.05, 3.63) is 59.7 Å². The van der Waals surface area contributed by atoms with Gasteiger partial charge in [-0.3, -0.25) is 0 Å². The number of benzene rings is 2. The Morgan fingerprint density at radius 3 is 1.32 bits per heavy atom. The fourth-order valence-corrected chi connectivity index (χ4v) is 14.2. The van der Waals surface area contributed by atoms with E-state index in [4.69, 9.17) is 15.6 Å². The smallest absolute Gasteiger partial charge is 0.182 e. The fraction of sp³-hybridized carbons (Fsp3) is 0.538. The lowest BCUT2D eigenvalue weighted by Gasteiger charge is -2.50. The maximum absolute atomic E-state index is 7.47. The number of hydrogen-bond donors (Lipinski definition) is 2. The summed E-state index contributed by atoms with van der Waals surface area (Å²) in [4.78, 5) is 0. The molecule has 0 spiro atoms. The van der Waals surface area contributed by atoms with Crippen LogP contribution in [0.4, 0.5) is 11.4 Å². The molecule has 2 aromatic rings. The van der Waals surface area contributed by atoms with Gasteiger partial charge in [-0.25, -0.2) is 0 Å². The van der Waals surface area contributed by atoms with Crippen molar-refractivity contribution in [3.8, 4) is 0 Å². The standard InChI is InChI=1S/C26H44N2OSi2/c1-25(2,3)30(7,17-15-21-11-9-13-23(27)19-21)29-31(8,26(4,5)6)18-16-22-12-10-14-24(28)20-22/h9-14,19-20H,15-18,27-28H2,1-8H3. The zero-order chi connectivity index (χ0) is 23.5. The predicted octanol–water partition coefficient (Wildman–Crippen LogP) is 7.40. The second-order valence-corrected chi connectivity index (χ2v) is 21.3. The first-order valence-electron chi connectivity index (χ1n) is 11.5. The van der Waals surface area contributed by atoms with Crippen LogP contribution in [0.1, 0.15) is 52.7 Å². The topological polar surface area (TPSA) is 61.3 Å². The highest BCUT2D eigenvalue weighted by molar-refractivity contribution is 6.88. The largest absolute Gasteiger partial charge is 0.454 e. The van der Waals surface area contributed by atoms with E-state index < -0.39 is 16.6 Å². The minimum Gasteiger partial charge on any atom is -0.454 e. The second kappa shape index (κ2) is 9.51. The molecule has 2 rings (SSSR count). The number of nitrogen functional groups attached to an aromatic ring is 2. The number of anilines is 2. The SMILES string of the molecule is CC(C)(C)[Si](C)(CCc1cccc(N)c1)O[Si](C)(CCc1cccc(N)c1)C(C)(C)C. The highest BCUT2D eigenvalue weighted by Crippen LogP contribution is 2.48. The monoisotopic (exact) mass is 456 g/mol. The molecule has 0 aliphatic heterocycles. The normalized spacial score (nSPS) is 16.5. The summed E-state index contributed by atoms with van der Waals surface area (Å²) in [6, 6.07) is 18.8. The van der Waals surface area contributed by atoms with E-state index in [1.54, 1.807) is 0 Å². The van der Waals surface area contributed by atoms with Crippen molar-refractivity contribution >= 4 is 28.0 Å². The maximum Gasteiger partial charge on any atom is 0.182 e. The third kappa shape index (κ3) is 6.71. The van der Waals surface area contributed by atoms with Gasteiger partial charge in [0.2, 0.25) is 0 Å². The number of aryl methyl sites for hydroxylation is 2. The molecule has 2 atom stereocenters. The van der Waals surface area contributed by atoms with Crippen LogP contribution >= 0.6 is 0 Å². The third-order valence-electron chi connectivity index (χ3n) is 7.31. The van der Waals surface area contributed by atoms with Crippen LogP contribution < -0.4 is 11.5 Å². The van der Waals surface area contributed by atoms with Gasteiger partial charge in [-0.2, -0.15) is 0 Å². The highest BCUT2D eigenvalue weighted by atomic mass is 28.4. The van der Waals surface area contributed by atoms with Gasteiger partial charge in [-0.1, -0.05) is 65.8 Å². The molecule has 0 aromatic heterocycles. The lowest BCUT2D eigenvalue weighted by Crippen LogP contribution is -2.57. The lowest BCUT2D eigenvalue weighted by molar-refractivity contribution is 0.431. The summed E-state index contributed by atoms with van der Waals surface area (Å²) < 4.78 is 7.47. The summed E-state index contributed by atoms with van der Waals surface area (Å²) in [7, 11) is -4.10. The molecule has 0 saturated heterocycles. The molecule has 0 amide bonds. The average molecular weight is 457 g/mol. The Labute approximate surface area is 192 Å². The number of nitrogens with two attached hydrogens (primary N) is 2. The molecule has 4 N–H and O–H groups in total. The Kier molecular flexibility index (Phi) is 7.88. The molecular weight excluding hydrogens is 412 g/mol. The van der Waals surface area contributed by atoms with E-state index >= 15 is 0 Å². The van der Waals surface area contributed by atoms with Gasteiger partial charge in [0.25, 0.3) is 0 Å². The molecule has 0 aliphatic rings. The molecule has 5 heteroatoms. The van der Waals surface area contributed by atoms with Crippen LogP contribution in [0.15, 0.2) is 48.5 Å². The Hall–Kier alpha value is -1.57. The van der Waals surface area contributed by atoms with Crippen LogP contribution in [-0.2, 0) is 17.0 Å². The first kappa shape index (κ1) is 25.7. The first-order valence-corrected chi connectivity index (χ1v) is 16.8. The quantitative estimate of drug-likeness (QED) is 0.321. The molecule has 0 aliphatic carbocycles. The first-order chi connectivity index (χ1) is 14.2. The molecule has 0 bridgehead atoms. The van der Waals surface area contributed by atoms with Crippen molar-refractivity contribution in [2.24, 2.45) is 0 Å². The predicted molar refractivity (Wildman–Crippen MR) is 142 cm³/mol. The van der Waals surface area contributed by atoms with Gasteiger partial charge < -0.3 is 15.6 Å². The third-order valence-corrected chi connectivity index (χ3v) is 19.7. The molecule has 31 heavy (non-hydrogen) atoms. The number of rotatable bonds is 8. The Balaban J connectivity index is 2.27. The van der Waals surface area contributed by atoms with Crippen molar-refractivity contribution in [1.82, 2.24) is 0 Å².